The Morgan fingerprint density at radius 2 is 2.10 bits per heavy atom. The Morgan fingerprint density at radius 3 is 2.62 bits per heavy atom. The molecule has 0 radical (unpaired) electrons. The Bertz CT molecular complexity index is 499. The molecule has 0 saturated carbocycles. The minimum atomic E-state index is -0.144. The van der Waals surface area contributed by atoms with Crippen molar-refractivity contribution in [2.45, 2.75) is 38.6 Å². The Labute approximate surface area is 125 Å². The van der Waals surface area contributed by atoms with Crippen molar-refractivity contribution >= 4 is 17.5 Å². The SMILES string of the molecule is CCC(CCO)NC(=O)c1ccc(N2CCCC2=O)cc1. The van der Waals surface area contributed by atoms with Crippen LogP contribution in [0.15, 0.2) is 24.3 Å². The summed E-state index contributed by atoms with van der Waals surface area (Å²) in [5.41, 5.74) is 1.42. The summed E-state index contributed by atoms with van der Waals surface area (Å²) < 4.78 is 0. The molecule has 5 heteroatoms. The van der Waals surface area contributed by atoms with Crippen molar-refractivity contribution in [2.75, 3.05) is 18.1 Å². The van der Waals surface area contributed by atoms with Gasteiger partial charge < -0.3 is 15.3 Å². The first kappa shape index (κ1) is 15.5. The van der Waals surface area contributed by atoms with Crippen LogP contribution in [0.25, 0.3) is 0 Å². The van der Waals surface area contributed by atoms with Crippen LogP contribution < -0.4 is 10.2 Å². The molecular weight excluding hydrogens is 268 g/mol. The molecule has 21 heavy (non-hydrogen) atoms. The van der Waals surface area contributed by atoms with E-state index in [-0.39, 0.29) is 24.5 Å². The third-order valence-corrected chi connectivity index (χ3v) is 3.82. The largest absolute Gasteiger partial charge is 0.396 e. The number of aliphatic hydroxyl groups excluding tert-OH is 1. The molecule has 1 saturated heterocycles. The number of nitrogens with zero attached hydrogens (tertiary/aromatic N) is 1. The van der Waals surface area contributed by atoms with E-state index in [9.17, 15) is 9.59 Å². The molecule has 114 valence electrons. The monoisotopic (exact) mass is 290 g/mol. The molecule has 1 atom stereocenters. The van der Waals surface area contributed by atoms with Crippen molar-refractivity contribution in [3.05, 3.63) is 29.8 Å². The molecule has 0 aliphatic carbocycles. The minimum absolute atomic E-state index is 0.0117. The lowest BCUT2D eigenvalue weighted by atomic mass is 10.1. The second-order valence-corrected chi connectivity index (χ2v) is 5.29. The third-order valence-electron chi connectivity index (χ3n) is 3.82. The predicted octanol–water partition coefficient (Wildman–Crippen LogP) is 1.70. The number of carbonyl (C=O) groups excluding carboxylic acids is 2. The zero-order valence-corrected chi connectivity index (χ0v) is 12.3. The van der Waals surface area contributed by atoms with E-state index in [1.807, 2.05) is 19.1 Å². The van der Waals surface area contributed by atoms with E-state index in [1.54, 1.807) is 17.0 Å². The van der Waals surface area contributed by atoms with E-state index in [0.717, 1.165) is 25.1 Å². The Balaban J connectivity index is 2.01. The molecule has 2 rings (SSSR count). The minimum Gasteiger partial charge on any atom is -0.396 e. The van der Waals surface area contributed by atoms with Gasteiger partial charge in [-0.15, -0.1) is 0 Å². The van der Waals surface area contributed by atoms with E-state index in [0.29, 0.717) is 18.4 Å². The molecule has 5 nitrogen and oxygen atoms in total. The molecule has 1 fully saturated rings. The topological polar surface area (TPSA) is 69.6 Å². The number of benzene rings is 1. The molecule has 0 bridgehead atoms. The van der Waals surface area contributed by atoms with Crippen molar-refractivity contribution < 1.29 is 14.7 Å². The molecule has 2 N–H and O–H groups in total. The van der Waals surface area contributed by atoms with Crippen LogP contribution in [0.3, 0.4) is 0 Å². The first-order chi connectivity index (χ1) is 10.2. The summed E-state index contributed by atoms with van der Waals surface area (Å²) in [5, 5.41) is 11.8. The van der Waals surface area contributed by atoms with Gasteiger partial charge in [0.25, 0.3) is 5.91 Å². The summed E-state index contributed by atoms with van der Waals surface area (Å²) in [6, 6.07) is 7.09. The van der Waals surface area contributed by atoms with Gasteiger partial charge in [-0.3, -0.25) is 9.59 Å². The van der Waals surface area contributed by atoms with Crippen LogP contribution in [-0.4, -0.2) is 36.1 Å². The highest BCUT2D eigenvalue weighted by atomic mass is 16.3. The summed E-state index contributed by atoms with van der Waals surface area (Å²) in [7, 11) is 0. The number of hydrogen-bond donors (Lipinski definition) is 2. The molecule has 1 unspecified atom stereocenters. The average molecular weight is 290 g/mol. The first-order valence-electron chi connectivity index (χ1n) is 7.48. The smallest absolute Gasteiger partial charge is 0.251 e. The van der Waals surface area contributed by atoms with Gasteiger partial charge in [0, 0.05) is 36.9 Å². The Morgan fingerprint density at radius 1 is 1.38 bits per heavy atom. The van der Waals surface area contributed by atoms with Crippen LogP contribution >= 0.6 is 0 Å². The zero-order chi connectivity index (χ0) is 15.2. The van der Waals surface area contributed by atoms with Gasteiger partial charge in [0.05, 0.1) is 0 Å². The molecule has 1 aliphatic heterocycles. The lowest BCUT2D eigenvalue weighted by Gasteiger charge is -2.17. The number of carbonyl (C=O) groups is 2. The standard InChI is InChI=1S/C16H22N2O3/c1-2-13(9-11-19)17-16(21)12-5-7-14(8-6-12)18-10-3-4-15(18)20/h5-8,13,19H,2-4,9-11H2,1H3,(H,17,21). The van der Waals surface area contributed by atoms with Crippen molar-refractivity contribution in [1.29, 1.82) is 0 Å². The lowest BCUT2D eigenvalue weighted by Crippen LogP contribution is -2.35. The highest BCUT2D eigenvalue weighted by Crippen LogP contribution is 2.21. The van der Waals surface area contributed by atoms with E-state index < -0.39 is 0 Å². The molecular formula is C16H22N2O3. The average Bonchev–Trinajstić information content (AvgIpc) is 2.93. The van der Waals surface area contributed by atoms with Gasteiger partial charge in [-0.2, -0.15) is 0 Å². The second kappa shape index (κ2) is 7.22. The van der Waals surface area contributed by atoms with Crippen molar-refractivity contribution in [2.24, 2.45) is 0 Å². The summed E-state index contributed by atoms with van der Waals surface area (Å²) in [5.74, 6) is -0.00390. The van der Waals surface area contributed by atoms with E-state index in [2.05, 4.69) is 5.32 Å². The fourth-order valence-corrected chi connectivity index (χ4v) is 2.52. The Hall–Kier alpha value is -1.88. The van der Waals surface area contributed by atoms with E-state index >= 15 is 0 Å². The van der Waals surface area contributed by atoms with Crippen LogP contribution in [-0.2, 0) is 4.79 Å². The van der Waals surface area contributed by atoms with Gasteiger partial charge in [-0.05, 0) is 43.5 Å². The normalized spacial score (nSPS) is 16.1. The van der Waals surface area contributed by atoms with Crippen LogP contribution in [0.1, 0.15) is 43.0 Å². The number of nitrogens with one attached hydrogen (secondary N) is 1. The van der Waals surface area contributed by atoms with Gasteiger partial charge in [0.1, 0.15) is 0 Å². The van der Waals surface area contributed by atoms with E-state index in [1.165, 1.54) is 0 Å². The number of anilines is 1. The van der Waals surface area contributed by atoms with Gasteiger partial charge >= 0.3 is 0 Å². The lowest BCUT2D eigenvalue weighted by molar-refractivity contribution is -0.117. The molecule has 1 aromatic carbocycles. The van der Waals surface area contributed by atoms with Gasteiger partial charge in [-0.25, -0.2) is 0 Å². The van der Waals surface area contributed by atoms with Gasteiger partial charge in [0.15, 0.2) is 0 Å². The summed E-state index contributed by atoms with van der Waals surface area (Å²) in [4.78, 5) is 25.5. The maximum Gasteiger partial charge on any atom is 0.251 e. The van der Waals surface area contributed by atoms with Crippen LogP contribution in [0, 0.1) is 0 Å². The maximum absolute atomic E-state index is 12.1. The Kier molecular flexibility index (Phi) is 5.33. The van der Waals surface area contributed by atoms with Crippen molar-refractivity contribution in [3.8, 4) is 0 Å². The molecule has 1 aromatic rings. The molecule has 0 aromatic heterocycles. The van der Waals surface area contributed by atoms with Gasteiger partial charge in [0.2, 0.25) is 5.91 Å². The summed E-state index contributed by atoms with van der Waals surface area (Å²) in [6.07, 6.45) is 2.83. The number of aliphatic hydroxyl groups is 1. The van der Waals surface area contributed by atoms with Crippen LogP contribution in [0.4, 0.5) is 5.69 Å². The molecule has 1 heterocycles. The highest BCUT2D eigenvalue weighted by Gasteiger charge is 2.21. The maximum atomic E-state index is 12.1. The highest BCUT2D eigenvalue weighted by molar-refractivity contribution is 5.97. The summed E-state index contributed by atoms with van der Waals surface area (Å²) in [6.45, 7) is 2.79. The summed E-state index contributed by atoms with van der Waals surface area (Å²) >= 11 is 0. The molecule has 1 aliphatic rings. The fourth-order valence-electron chi connectivity index (χ4n) is 2.52. The quantitative estimate of drug-likeness (QED) is 0.838. The van der Waals surface area contributed by atoms with Gasteiger partial charge in [-0.1, -0.05) is 6.92 Å². The molecule has 0 spiro atoms. The van der Waals surface area contributed by atoms with Crippen molar-refractivity contribution in [3.63, 3.8) is 0 Å². The predicted molar refractivity (Wildman–Crippen MR) is 81.3 cm³/mol. The third kappa shape index (κ3) is 3.82. The molecule has 2 amide bonds. The second-order valence-electron chi connectivity index (χ2n) is 5.29. The first-order valence-corrected chi connectivity index (χ1v) is 7.48. The van der Waals surface area contributed by atoms with E-state index in [4.69, 9.17) is 5.11 Å². The zero-order valence-electron chi connectivity index (χ0n) is 12.3. The van der Waals surface area contributed by atoms with Crippen LogP contribution in [0.5, 0.6) is 0 Å². The van der Waals surface area contributed by atoms with Crippen molar-refractivity contribution in [1.82, 2.24) is 5.32 Å². The number of rotatable bonds is 6. The number of hydrogen-bond acceptors (Lipinski definition) is 3. The fraction of sp³-hybridized carbons (Fsp3) is 0.500. The van der Waals surface area contributed by atoms with Crippen LogP contribution in [0.2, 0.25) is 0 Å². The number of amides is 2.